The van der Waals surface area contributed by atoms with Gasteiger partial charge in [0.1, 0.15) is 5.75 Å². The normalized spacial score (nSPS) is 15.2. The van der Waals surface area contributed by atoms with Gasteiger partial charge in [-0.25, -0.2) is 9.97 Å². The zero-order valence-corrected chi connectivity index (χ0v) is 15.6. The van der Waals surface area contributed by atoms with Crippen LogP contribution in [0.4, 0.5) is 5.95 Å². The average molecular weight is 390 g/mol. The molecule has 0 aliphatic carbocycles. The molecule has 1 aliphatic rings. The summed E-state index contributed by atoms with van der Waals surface area (Å²) in [6, 6.07) is 15.1. The molecule has 1 saturated heterocycles. The second kappa shape index (κ2) is 6.42. The fourth-order valence-electron chi connectivity index (χ4n) is 3.32. The first-order valence-corrected chi connectivity index (χ1v) is 9.05. The number of primary amides is 1. The van der Waals surface area contributed by atoms with Crippen LogP contribution in [0, 0.1) is 0 Å². The minimum absolute atomic E-state index is 0.176. The number of nitrogens with one attached hydrogen (secondary N) is 1. The Morgan fingerprint density at radius 2 is 2.03 bits per heavy atom. The monoisotopic (exact) mass is 390 g/mol. The van der Waals surface area contributed by atoms with Gasteiger partial charge in [-0.2, -0.15) is 4.52 Å². The van der Waals surface area contributed by atoms with Gasteiger partial charge in [-0.15, -0.1) is 5.10 Å². The van der Waals surface area contributed by atoms with Crippen molar-refractivity contribution in [3.05, 3.63) is 48.5 Å². The molecule has 5 rings (SSSR count). The Balaban J connectivity index is 1.71. The number of amides is 1. The summed E-state index contributed by atoms with van der Waals surface area (Å²) in [5.41, 5.74) is 6.74. The summed E-state index contributed by atoms with van der Waals surface area (Å²) in [7, 11) is 1.61. The highest BCUT2D eigenvalue weighted by atomic mass is 16.5. The number of carbonyl (C=O) groups is 1. The highest BCUT2D eigenvalue weighted by Crippen LogP contribution is 2.28. The van der Waals surface area contributed by atoms with Crippen LogP contribution in [0.1, 0.15) is 0 Å². The molecular weight excluding hydrogens is 372 g/mol. The lowest BCUT2D eigenvalue weighted by Crippen LogP contribution is -2.64. The van der Waals surface area contributed by atoms with Crippen molar-refractivity contribution in [2.24, 2.45) is 5.73 Å². The van der Waals surface area contributed by atoms with E-state index in [-0.39, 0.29) is 13.2 Å². The molecule has 0 spiro atoms. The number of carbonyl (C=O) groups excluding carboxylic acids is 1. The third kappa shape index (κ3) is 2.74. The van der Waals surface area contributed by atoms with E-state index in [9.17, 15) is 4.79 Å². The van der Waals surface area contributed by atoms with Crippen molar-refractivity contribution in [3.63, 3.8) is 0 Å². The third-order valence-corrected chi connectivity index (χ3v) is 5.03. The third-order valence-electron chi connectivity index (χ3n) is 5.03. The highest BCUT2D eigenvalue weighted by Gasteiger charge is 2.45. The lowest BCUT2D eigenvalue weighted by atomic mass is 9.97. The molecule has 0 bridgehead atoms. The largest absolute Gasteiger partial charge is 0.497 e. The molecule has 0 saturated carbocycles. The standard InChI is InChI=1S/C20H18N6O3/c1-28-13-6-4-5-12(9-13)16-23-17-14-7-2-3-8-15(14)22-19(26(17)25-16)24-20(18(21)27)10-29-11-20/h2-9H,10-11H2,1H3,(H2,21,27)(H,22,24). The van der Waals surface area contributed by atoms with Crippen LogP contribution in [0.15, 0.2) is 48.5 Å². The summed E-state index contributed by atoms with van der Waals surface area (Å²) < 4.78 is 12.1. The molecule has 3 heterocycles. The molecule has 1 amide bonds. The van der Waals surface area contributed by atoms with Gasteiger partial charge in [0.25, 0.3) is 0 Å². The number of benzene rings is 2. The predicted molar refractivity (Wildman–Crippen MR) is 107 cm³/mol. The van der Waals surface area contributed by atoms with E-state index in [1.807, 2.05) is 48.5 Å². The van der Waals surface area contributed by atoms with E-state index in [2.05, 4.69) is 15.4 Å². The number of methoxy groups -OCH3 is 1. The van der Waals surface area contributed by atoms with Crippen molar-refractivity contribution >= 4 is 28.4 Å². The molecule has 2 aromatic heterocycles. The number of hydrogen-bond donors (Lipinski definition) is 2. The van der Waals surface area contributed by atoms with E-state index in [1.165, 1.54) is 0 Å². The minimum Gasteiger partial charge on any atom is -0.497 e. The first-order chi connectivity index (χ1) is 14.1. The Labute approximate surface area is 165 Å². The van der Waals surface area contributed by atoms with Crippen LogP contribution in [-0.4, -0.2) is 51.4 Å². The Hall–Kier alpha value is -3.72. The molecule has 29 heavy (non-hydrogen) atoms. The van der Waals surface area contributed by atoms with Gasteiger partial charge in [-0.3, -0.25) is 4.79 Å². The lowest BCUT2D eigenvalue weighted by Gasteiger charge is -2.39. The van der Waals surface area contributed by atoms with Crippen LogP contribution < -0.4 is 15.8 Å². The molecule has 0 unspecified atom stereocenters. The second-order valence-corrected chi connectivity index (χ2v) is 6.92. The Morgan fingerprint density at radius 1 is 1.21 bits per heavy atom. The van der Waals surface area contributed by atoms with Crippen LogP contribution in [0.5, 0.6) is 5.75 Å². The van der Waals surface area contributed by atoms with Crippen molar-refractivity contribution < 1.29 is 14.3 Å². The van der Waals surface area contributed by atoms with Crippen molar-refractivity contribution in [1.82, 2.24) is 19.6 Å². The van der Waals surface area contributed by atoms with Crippen LogP contribution in [0.25, 0.3) is 27.9 Å². The summed E-state index contributed by atoms with van der Waals surface area (Å²) in [5, 5.41) is 8.63. The van der Waals surface area contributed by atoms with Crippen molar-refractivity contribution in [2.75, 3.05) is 25.6 Å². The number of hydrogen-bond acceptors (Lipinski definition) is 7. The van der Waals surface area contributed by atoms with Crippen LogP contribution >= 0.6 is 0 Å². The summed E-state index contributed by atoms with van der Waals surface area (Å²) in [6.45, 7) is 0.353. The molecular formula is C20H18N6O3. The molecule has 1 aliphatic heterocycles. The zero-order chi connectivity index (χ0) is 20.0. The Bertz CT molecular complexity index is 1250. The molecule has 9 heteroatoms. The molecule has 2 aromatic carbocycles. The van der Waals surface area contributed by atoms with E-state index in [1.54, 1.807) is 11.6 Å². The number of nitrogens with two attached hydrogens (primary N) is 1. The maximum absolute atomic E-state index is 12.0. The molecule has 4 aromatic rings. The molecule has 0 radical (unpaired) electrons. The topological polar surface area (TPSA) is 117 Å². The predicted octanol–water partition coefficient (Wildman–Crippen LogP) is 1.62. The smallest absolute Gasteiger partial charge is 0.248 e. The number of rotatable bonds is 5. The van der Waals surface area contributed by atoms with E-state index in [0.29, 0.717) is 23.2 Å². The maximum atomic E-state index is 12.0. The number of para-hydroxylation sites is 1. The van der Waals surface area contributed by atoms with Crippen LogP contribution in [0.3, 0.4) is 0 Å². The number of nitrogens with zero attached hydrogens (tertiary/aromatic N) is 4. The molecule has 1 fully saturated rings. The summed E-state index contributed by atoms with van der Waals surface area (Å²) in [4.78, 5) is 21.4. The van der Waals surface area contributed by atoms with Crippen LogP contribution in [0.2, 0.25) is 0 Å². The van der Waals surface area contributed by atoms with Gasteiger partial charge < -0.3 is 20.5 Å². The summed E-state index contributed by atoms with van der Waals surface area (Å²) in [6.07, 6.45) is 0. The molecule has 146 valence electrons. The lowest BCUT2D eigenvalue weighted by molar-refractivity contribution is -0.137. The Morgan fingerprint density at radius 3 is 2.76 bits per heavy atom. The van der Waals surface area contributed by atoms with Crippen molar-refractivity contribution in [1.29, 1.82) is 0 Å². The SMILES string of the molecule is COc1cccc(-c2nc3c4ccccc4nc(NC4(C(N)=O)COC4)n3n2)c1. The average Bonchev–Trinajstić information content (AvgIpc) is 3.16. The second-order valence-electron chi connectivity index (χ2n) is 6.92. The zero-order valence-electron chi connectivity index (χ0n) is 15.6. The number of anilines is 1. The Kier molecular flexibility index (Phi) is 3.85. The van der Waals surface area contributed by atoms with Gasteiger partial charge in [0, 0.05) is 10.9 Å². The number of ether oxygens (including phenoxy) is 2. The fraction of sp³-hybridized carbons (Fsp3) is 0.200. The van der Waals surface area contributed by atoms with Gasteiger partial charge in [0.2, 0.25) is 11.9 Å². The summed E-state index contributed by atoms with van der Waals surface area (Å²) in [5.74, 6) is 1.10. The van der Waals surface area contributed by atoms with Gasteiger partial charge in [0.05, 0.1) is 25.8 Å². The number of aromatic nitrogens is 4. The van der Waals surface area contributed by atoms with Gasteiger partial charge in [-0.1, -0.05) is 24.3 Å². The summed E-state index contributed by atoms with van der Waals surface area (Å²) >= 11 is 0. The van der Waals surface area contributed by atoms with Gasteiger partial charge in [-0.05, 0) is 24.3 Å². The van der Waals surface area contributed by atoms with E-state index in [0.717, 1.165) is 16.5 Å². The fourth-order valence-corrected chi connectivity index (χ4v) is 3.32. The quantitative estimate of drug-likeness (QED) is 0.532. The molecule has 0 atom stereocenters. The highest BCUT2D eigenvalue weighted by molar-refractivity contribution is 5.94. The van der Waals surface area contributed by atoms with E-state index < -0.39 is 11.4 Å². The van der Waals surface area contributed by atoms with Gasteiger partial charge >= 0.3 is 0 Å². The molecule has 9 nitrogen and oxygen atoms in total. The van der Waals surface area contributed by atoms with Crippen molar-refractivity contribution in [3.8, 4) is 17.1 Å². The molecule has 3 N–H and O–H groups in total. The number of fused-ring (bicyclic) bond motifs is 3. The minimum atomic E-state index is -1.01. The van der Waals surface area contributed by atoms with Gasteiger partial charge in [0.15, 0.2) is 17.0 Å². The van der Waals surface area contributed by atoms with Crippen molar-refractivity contribution in [2.45, 2.75) is 5.54 Å². The van der Waals surface area contributed by atoms with E-state index >= 15 is 0 Å². The maximum Gasteiger partial charge on any atom is 0.248 e. The van der Waals surface area contributed by atoms with Crippen LogP contribution in [-0.2, 0) is 9.53 Å². The first kappa shape index (κ1) is 17.4. The first-order valence-electron chi connectivity index (χ1n) is 9.05. The van der Waals surface area contributed by atoms with E-state index in [4.69, 9.17) is 20.2 Å².